The normalized spacial score (nSPS) is 11.4. The van der Waals surface area contributed by atoms with Crippen molar-refractivity contribution >= 4 is 0 Å². The summed E-state index contributed by atoms with van der Waals surface area (Å²) in [6.45, 7) is 4.61. The molecule has 0 N–H and O–H groups in total. The minimum atomic E-state index is 0.552. The van der Waals surface area contributed by atoms with E-state index >= 15 is 0 Å². The van der Waals surface area contributed by atoms with Crippen molar-refractivity contribution in [1.82, 2.24) is 0 Å². The summed E-state index contributed by atoms with van der Waals surface area (Å²) in [5, 5.41) is 0. The van der Waals surface area contributed by atoms with Crippen molar-refractivity contribution in [3.05, 3.63) is 0 Å². The second-order valence-corrected chi connectivity index (χ2v) is 11.2. The zero-order valence-corrected chi connectivity index (χ0v) is 20.1. The van der Waals surface area contributed by atoms with E-state index in [0.717, 1.165) is 0 Å². The Hall–Kier alpha value is 0.730. The first-order chi connectivity index (χ1) is 12.4. The number of rotatable bonds is 22. The average molecular weight is 466 g/mol. The van der Waals surface area contributed by atoms with Gasteiger partial charge in [-0.05, 0) is 0 Å². The van der Waals surface area contributed by atoms with Crippen molar-refractivity contribution in [3.8, 4) is 0 Å². The van der Waals surface area contributed by atoms with Crippen LogP contribution in [0.4, 0.5) is 0 Å². The fourth-order valence-electron chi connectivity index (χ4n) is 3.45. The van der Waals surface area contributed by atoms with E-state index in [1.807, 2.05) is 0 Å². The summed E-state index contributed by atoms with van der Waals surface area (Å²) < 4.78 is 3.21. The average Bonchev–Trinajstić information content (AvgIpc) is 2.63. The van der Waals surface area contributed by atoms with Crippen molar-refractivity contribution < 1.29 is 21.2 Å². The van der Waals surface area contributed by atoms with E-state index in [0.29, 0.717) is 21.2 Å². The molecule has 0 bridgehead atoms. The Morgan fingerprint density at radius 1 is 0.320 bits per heavy atom. The van der Waals surface area contributed by atoms with Gasteiger partial charge >= 0.3 is 172 Å². The monoisotopic (exact) mass is 465 g/mol. The van der Waals surface area contributed by atoms with Gasteiger partial charge in [-0.1, -0.05) is 0 Å². The zero-order valence-electron chi connectivity index (χ0n) is 17.9. The summed E-state index contributed by atoms with van der Waals surface area (Å²) >= 11 is 0.552. The Labute approximate surface area is 172 Å². The van der Waals surface area contributed by atoms with Gasteiger partial charge < -0.3 is 0 Å². The van der Waals surface area contributed by atoms with Crippen molar-refractivity contribution in [2.24, 2.45) is 0 Å². The summed E-state index contributed by atoms with van der Waals surface area (Å²) in [6.07, 6.45) is 29.7. The van der Waals surface area contributed by atoms with Gasteiger partial charge in [0.2, 0.25) is 0 Å². The second-order valence-electron chi connectivity index (χ2n) is 7.93. The molecular weight excluding hydrogens is 415 g/mol. The summed E-state index contributed by atoms with van der Waals surface area (Å²) in [7, 11) is 0. The van der Waals surface area contributed by atoms with Crippen LogP contribution in [0.2, 0.25) is 0 Å². The molecule has 0 radical (unpaired) electrons. The molecule has 0 saturated heterocycles. The van der Waals surface area contributed by atoms with E-state index in [-0.39, 0.29) is 0 Å². The van der Waals surface area contributed by atoms with Gasteiger partial charge in [0, 0.05) is 0 Å². The number of unbranched alkanes of at least 4 members (excludes halogenated alkanes) is 18. The van der Waals surface area contributed by atoms with Gasteiger partial charge in [-0.2, -0.15) is 0 Å². The van der Waals surface area contributed by atoms with Gasteiger partial charge in [0.15, 0.2) is 0 Å². The minimum absolute atomic E-state index is 0.552. The molecule has 0 aromatic rings. The van der Waals surface area contributed by atoms with E-state index in [2.05, 4.69) is 13.8 Å². The topological polar surface area (TPSA) is 0 Å². The standard InChI is InChI=1S/C24H50I/c1-3-5-7-9-11-13-15-17-19-21-23-25-24-22-20-18-16-14-12-10-8-6-4-2/h3-24H2,1-2H3/q-1. The van der Waals surface area contributed by atoms with Crippen LogP contribution >= 0.6 is 0 Å². The number of hydrogen-bond donors (Lipinski definition) is 0. The fraction of sp³-hybridized carbons (Fsp3) is 1.00. The molecule has 1 heteroatoms. The molecule has 154 valence electrons. The Kier molecular flexibility index (Phi) is 25.5. The van der Waals surface area contributed by atoms with Gasteiger partial charge in [0.25, 0.3) is 0 Å². The van der Waals surface area contributed by atoms with Crippen molar-refractivity contribution in [2.45, 2.75) is 142 Å². The van der Waals surface area contributed by atoms with E-state index in [4.69, 9.17) is 0 Å². The van der Waals surface area contributed by atoms with E-state index in [1.54, 1.807) is 21.7 Å². The van der Waals surface area contributed by atoms with Gasteiger partial charge in [0.05, 0.1) is 0 Å². The van der Waals surface area contributed by atoms with Crippen LogP contribution in [0.1, 0.15) is 142 Å². The molecule has 0 amide bonds. The van der Waals surface area contributed by atoms with E-state index < -0.39 is 0 Å². The van der Waals surface area contributed by atoms with Crippen molar-refractivity contribution in [3.63, 3.8) is 0 Å². The second kappa shape index (κ2) is 24.7. The van der Waals surface area contributed by atoms with Gasteiger partial charge in [-0.3, -0.25) is 0 Å². The van der Waals surface area contributed by atoms with E-state index in [1.165, 1.54) is 116 Å². The van der Waals surface area contributed by atoms with Crippen LogP contribution < -0.4 is 21.2 Å². The number of hydrogen-bond acceptors (Lipinski definition) is 0. The Morgan fingerprint density at radius 2 is 0.560 bits per heavy atom. The molecule has 0 aliphatic rings. The zero-order chi connectivity index (χ0) is 18.3. The Morgan fingerprint density at radius 3 is 0.840 bits per heavy atom. The van der Waals surface area contributed by atoms with Crippen molar-refractivity contribution in [2.75, 3.05) is 8.86 Å². The molecule has 0 fully saturated rings. The van der Waals surface area contributed by atoms with Crippen LogP contribution in [0.25, 0.3) is 0 Å². The first-order valence-electron chi connectivity index (χ1n) is 11.9. The predicted molar refractivity (Wildman–Crippen MR) is 113 cm³/mol. The first-order valence-corrected chi connectivity index (χ1v) is 15.0. The molecule has 0 saturated carbocycles. The molecule has 0 unspecified atom stereocenters. The van der Waals surface area contributed by atoms with Crippen LogP contribution in [0.5, 0.6) is 0 Å². The number of alkyl halides is 2. The third-order valence-corrected chi connectivity index (χ3v) is 8.29. The molecule has 0 rings (SSSR count). The molecule has 0 nitrogen and oxygen atoms in total. The summed E-state index contributed by atoms with van der Waals surface area (Å²) in [4.78, 5) is 0. The molecule has 0 atom stereocenters. The van der Waals surface area contributed by atoms with Crippen molar-refractivity contribution in [1.29, 1.82) is 0 Å². The molecule has 0 aromatic heterocycles. The van der Waals surface area contributed by atoms with E-state index in [9.17, 15) is 0 Å². The Balaban J connectivity index is 2.94. The van der Waals surface area contributed by atoms with Crippen LogP contribution in [0.3, 0.4) is 0 Å². The summed E-state index contributed by atoms with van der Waals surface area (Å²) in [5.41, 5.74) is 0. The summed E-state index contributed by atoms with van der Waals surface area (Å²) in [6, 6.07) is 0. The van der Waals surface area contributed by atoms with Crippen LogP contribution in [-0.4, -0.2) is 8.86 Å². The molecule has 0 aliphatic heterocycles. The van der Waals surface area contributed by atoms with Crippen LogP contribution in [0.15, 0.2) is 0 Å². The van der Waals surface area contributed by atoms with Gasteiger partial charge in [0.1, 0.15) is 0 Å². The van der Waals surface area contributed by atoms with Gasteiger partial charge in [-0.25, -0.2) is 0 Å². The maximum atomic E-state index is 2.30. The molecule has 0 spiro atoms. The molecule has 25 heavy (non-hydrogen) atoms. The fourth-order valence-corrected chi connectivity index (χ4v) is 6.14. The molecule has 0 aromatic carbocycles. The predicted octanol–water partition coefficient (Wildman–Crippen LogP) is 5.92. The molecule has 0 heterocycles. The van der Waals surface area contributed by atoms with Crippen LogP contribution in [-0.2, 0) is 0 Å². The quantitative estimate of drug-likeness (QED) is 0.106. The van der Waals surface area contributed by atoms with Gasteiger partial charge in [-0.15, -0.1) is 0 Å². The molecule has 0 aliphatic carbocycles. The van der Waals surface area contributed by atoms with Crippen LogP contribution in [0, 0.1) is 0 Å². The first kappa shape index (κ1) is 25.7. The maximum absolute atomic E-state index is 2.30. The summed E-state index contributed by atoms with van der Waals surface area (Å²) in [5.74, 6) is 0. The SMILES string of the molecule is CCCCCCCCCCCC[I-]CCCCCCCCCCCC. The number of halogens is 1. The third-order valence-electron chi connectivity index (χ3n) is 5.24. The Bertz CT molecular complexity index is 192. The molecular formula is C24H50I-. The third kappa shape index (κ3) is 24.7.